The minimum absolute atomic E-state index is 0.0736. The molecule has 2 fully saturated rings. The van der Waals surface area contributed by atoms with Crippen molar-refractivity contribution < 1.29 is 59.3 Å². The Morgan fingerprint density at radius 2 is 1.72 bits per heavy atom. The van der Waals surface area contributed by atoms with Crippen molar-refractivity contribution in [1.29, 1.82) is 0 Å². The van der Waals surface area contributed by atoms with Gasteiger partial charge < -0.3 is 19.9 Å². The molecule has 0 unspecified atom stereocenters. The van der Waals surface area contributed by atoms with E-state index in [2.05, 4.69) is 10.3 Å². The standard InChI is InChI=1S/C35H33F8N5O5/c1-46-33(9-2-10-33)30(49)27(32(51)48(46)19-21-3-7-25(29(37)28(21)36)53-16-13-47-11-14-52-15-12-47)31(50)45-24-6-5-22(34(38,39)40)17-23(24)20-4-8-26(44-18-20)35(41,42)43/h3-8,17-18,49H,2,9-16,19H2,1H3,(H,45,50). The molecule has 2 amide bonds. The van der Waals surface area contributed by atoms with Gasteiger partial charge in [-0.2, -0.15) is 30.7 Å². The molecule has 1 aromatic heterocycles. The van der Waals surface area contributed by atoms with E-state index in [0.717, 1.165) is 17.1 Å². The van der Waals surface area contributed by atoms with Crippen molar-refractivity contribution in [2.75, 3.05) is 51.8 Å². The minimum atomic E-state index is -4.87. The zero-order valence-corrected chi connectivity index (χ0v) is 28.1. The third-order valence-electron chi connectivity index (χ3n) is 9.69. The summed E-state index contributed by atoms with van der Waals surface area (Å²) in [4.78, 5) is 33.1. The zero-order valence-electron chi connectivity index (χ0n) is 28.1. The number of carbonyl (C=O) groups excluding carboxylic acids is 2. The number of hydrazine groups is 1. The van der Waals surface area contributed by atoms with E-state index in [1.54, 1.807) is 0 Å². The van der Waals surface area contributed by atoms with E-state index < -0.39 is 70.5 Å². The van der Waals surface area contributed by atoms with Gasteiger partial charge in [0.05, 0.1) is 30.9 Å². The van der Waals surface area contributed by atoms with E-state index in [1.165, 1.54) is 24.2 Å². The second-order valence-corrected chi connectivity index (χ2v) is 12.8. The average Bonchev–Trinajstić information content (AvgIpc) is 3.08. The number of rotatable bonds is 9. The number of aromatic nitrogens is 1. The molecule has 0 bridgehead atoms. The summed E-state index contributed by atoms with van der Waals surface area (Å²) in [5.74, 6) is -5.96. The molecule has 53 heavy (non-hydrogen) atoms. The third kappa shape index (κ3) is 7.52. The Balaban J connectivity index is 1.27. The van der Waals surface area contributed by atoms with Crippen molar-refractivity contribution in [2.45, 2.75) is 43.7 Å². The minimum Gasteiger partial charge on any atom is -0.509 e. The molecular weight excluding hydrogens is 722 g/mol. The molecule has 6 rings (SSSR count). The monoisotopic (exact) mass is 755 g/mol. The van der Waals surface area contributed by atoms with Gasteiger partial charge in [0.15, 0.2) is 11.6 Å². The molecule has 2 N–H and O–H groups in total. The maximum absolute atomic E-state index is 15.4. The second kappa shape index (κ2) is 14.5. The first-order valence-corrected chi connectivity index (χ1v) is 16.5. The number of ether oxygens (including phenoxy) is 2. The normalized spacial score (nSPS) is 18.4. The number of hydrogen-bond donors (Lipinski definition) is 2. The van der Waals surface area contributed by atoms with Crippen LogP contribution in [0.2, 0.25) is 0 Å². The number of aliphatic hydroxyl groups is 1. The first-order valence-electron chi connectivity index (χ1n) is 16.5. The Bertz CT molecular complexity index is 1910. The lowest BCUT2D eigenvalue weighted by molar-refractivity contribution is -0.172. The number of carbonyl (C=O) groups is 2. The van der Waals surface area contributed by atoms with Gasteiger partial charge in [-0.1, -0.05) is 12.1 Å². The van der Waals surface area contributed by atoms with Crippen molar-refractivity contribution in [3.8, 4) is 16.9 Å². The summed E-state index contributed by atoms with van der Waals surface area (Å²) in [6, 6.07) is 5.93. The van der Waals surface area contributed by atoms with Crippen LogP contribution in [0.1, 0.15) is 36.1 Å². The SMILES string of the molecule is CN1N(Cc2ccc(OCCN3CCOCC3)c(F)c2F)C(=O)C(C(=O)Nc2ccc(C(F)(F)F)cc2-c2ccc(C(F)(F)F)nc2)=C(O)C12CCC2. The van der Waals surface area contributed by atoms with Crippen LogP contribution in [0, 0.1) is 11.6 Å². The fourth-order valence-electron chi connectivity index (χ4n) is 6.49. The van der Waals surface area contributed by atoms with Crippen LogP contribution in [0.3, 0.4) is 0 Å². The topological polar surface area (TPSA) is 107 Å². The highest BCUT2D eigenvalue weighted by Crippen LogP contribution is 2.47. The van der Waals surface area contributed by atoms with Gasteiger partial charge in [0.25, 0.3) is 11.8 Å². The van der Waals surface area contributed by atoms with Gasteiger partial charge >= 0.3 is 12.4 Å². The number of nitrogens with zero attached hydrogens (tertiary/aromatic N) is 4. The smallest absolute Gasteiger partial charge is 0.433 e. The summed E-state index contributed by atoms with van der Waals surface area (Å²) in [5, 5.41) is 16.0. The Morgan fingerprint density at radius 1 is 1.00 bits per heavy atom. The number of morpholine rings is 1. The molecule has 1 saturated heterocycles. The Kier molecular flexibility index (Phi) is 10.4. The van der Waals surface area contributed by atoms with Gasteiger partial charge in [-0.05, 0) is 49.6 Å². The number of nitrogens with one attached hydrogen (secondary N) is 1. The lowest BCUT2D eigenvalue weighted by Crippen LogP contribution is -2.65. The van der Waals surface area contributed by atoms with Crippen molar-refractivity contribution in [1.82, 2.24) is 19.9 Å². The molecule has 3 heterocycles. The molecule has 10 nitrogen and oxygen atoms in total. The van der Waals surface area contributed by atoms with Crippen LogP contribution in [0.15, 0.2) is 60.0 Å². The van der Waals surface area contributed by atoms with Crippen LogP contribution in [0.5, 0.6) is 5.75 Å². The number of anilines is 1. The van der Waals surface area contributed by atoms with Gasteiger partial charge in [-0.25, -0.2) is 9.40 Å². The van der Waals surface area contributed by atoms with Crippen molar-refractivity contribution in [3.05, 3.63) is 88.4 Å². The van der Waals surface area contributed by atoms with E-state index in [9.17, 15) is 41.0 Å². The number of aliphatic hydroxyl groups excluding tert-OH is 1. The summed E-state index contributed by atoms with van der Waals surface area (Å²) in [7, 11) is 1.44. The number of hydrogen-bond acceptors (Lipinski definition) is 8. The Morgan fingerprint density at radius 3 is 2.32 bits per heavy atom. The van der Waals surface area contributed by atoms with E-state index >= 15 is 8.78 Å². The summed E-state index contributed by atoms with van der Waals surface area (Å²) in [5.41, 5.74) is -5.82. The fourth-order valence-corrected chi connectivity index (χ4v) is 6.49. The van der Waals surface area contributed by atoms with Crippen LogP contribution < -0.4 is 10.1 Å². The molecule has 0 radical (unpaired) electrons. The fraction of sp³-hybridized carbons (Fsp3) is 0.400. The zero-order chi connectivity index (χ0) is 38.3. The molecule has 0 atom stereocenters. The number of amides is 2. The van der Waals surface area contributed by atoms with Crippen LogP contribution in [0.25, 0.3) is 11.1 Å². The summed E-state index contributed by atoms with van der Waals surface area (Å²) >= 11 is 0. The maximum Gasteiger partial charge on any atom is 0.433 e. The van der Waals surface area contributed by atoms with Crippen LogP contribution in [0.4, 0.5) is 40.8 Å². The van der Waals surface area contributed by atoms with Gasteiger partial charge in [-0.15, -0.1) is 0 Å². The number of pyridine rings is 1. The van der Waals surface area contributed by atoms with E-state index in [0.29, 0.717) is 63.7 Å². The molecule has 1 saturated carbocycles. The van der Waals surface area contributed by atoms with Gasteiger partial charge in [-0.3, -0.25) is 24.5 Å². The Labute approximate surface area is 297 Å². The third-order valence-corrected chi connectivity index (χ3v) is 9.69. The largest absolute Gasteiger partial charge is 0.509 e. The van der Waals surface area contributed by atoms with Gasteiger partial charge in [0.2, 0.25) is 5.82 Å². The molecule has 1 spiro atoms. The van der Waals surface area contributed by atoms with Crippen molar-refractivity contribution in [3.63, 3.8) is 0 Å². The molecule has 284 valence electrons. The number of alkyl halides is 6. The maximum atomic E-state index is 15.4. The molecular formula is C35H33F8N5O5. The van der Waals surface area contributed by atoms with E-state index in [4.69, 9.17) is 9.47 Å². The highest BCUT2D eigenvalue weighted by molar-refractivity contribution is 6.24. The van der Waals surface area contributed by atoms with Gasteiger partial charge in [0, 0.05) is 55.3 Å². The van der Waals surface area contributed by atoms with Crippen molar-refractivity contribution in [2.24, 2.45) is 0 Å². The first-order chi connectivity index (χ1) is 25.0. The second-order valence-electron chi connectivity index (χ2n) is 12.8. The highest BCUT2D eigenvalue weighted by Gasteiger charge is 2.55. The van der Waals surface area contributed by atoms with E-state index in [1.807, 2.05) is 4.90 Å². The predicted molar refractivity (Wildman–Crippen MR) is 172 cm³/mol. The van der Waals surface area contributed by atoms with Gasteiger partial charge in [0.1, 0.15) is 23.6 Å². The summed E-state index contributed by atoms with van der Waals surface area (Å²) in [6.45, 7) is 2.39. The van der Waals surface area contributed by atoms with Crippen LogP contribution in [-0.2, 0) is 33.2 Å². The molecule has 3 aromatic rings. The number of halogens is 8. The molecule has 3 aliphatic rings. The number of benzene rings is 2. The highest BCUT2D eigenvalue weighted by atomic mass is 19.4. The summed E-state index contributed by atoms with van der Waals surface area (Å²) < 4.78 is 122. The molecule has 2 aromatic carbocycles. The van der Waals surface area contributed by atoms with Crippen molar-refractivity contribution >= 4 is 17.5 Å². The lowest BCUT2D eigenvalue weighted by Gasteiger charge is -2.54. The van der Waals surface area contributed by atoms with E-state index in [-0.39, 0.29) is 47.6 Å². The molecule has 1 aliphatic carbocycles. The van der Waals surface area contributed by atoms with Crippen LogP contribution >= 0.6 is 0 Å². The van der Waals surface area contributed by atoms with Crippen LogP contribution in [-0.4, -0.2) is 88.9 Å². The predicted octanol–water partition coefficient (Wildman–Crippen LogP) is 6.34. The number of likely N-dealkylation sites (N-methyl/N-ethyl adjacent to an activating group) is 1. The molecule has 2 aliphatic heterocycles. The molecule has 18 heteroatoms. The summed E-state index contributed by atoms with van der Waals surface area (Å²) in [6.07, 6.45) is -7.95. The average molecular weight is 756 g/mol. The Hall–Kier alpha value is -4.81. The lowest BCUT2D eigenvalue weighted by atomic mass is 9.72. The quantitative estimate of drug-likeness (QED) is 0.193. The first kappa shape index (κ1) is 37.9.